The number of carbonyl (C=O) groups is 1. The molecule has 0 aromatic heterocycles. The number of carbonyl (C=O) groups excluding carboxylic acids is 1. The van der Waals surface area contributed by atoms with Gasteiger partial charge in [0.2, 0.25) is 0 Å². The van der Waals surface area contributed by atoms with Gasteiger partial charge in [-0.25, -0.2) is 4.79 Å². The third kappa shape index (κ3) is 6.87. The van der Waals surface area contributed by atoms with E-state index in [4.69, 9.17) is 9.47 Å². The molecule has 0 aliphatic heterocycles. The zero-order valence-corrected chi connectivity index (χ0v) is 12.7. The van der Waals surface area contributed by atoms with Crippen molar-refractivity contribution in [3.05, 3.63) is 24.3 Å². The van der Waals surface area contributed by atoms with E-state index >= 15 is 0 Å². The maximum atomic E-state index is 11.4. The van der Waals surface area contributed by atoms with Crippen LogP contribution < -0.4 is 15.4 Å². The maximum absolute atomic E-state index is 11.4. The predicted octanol–water partition coefficient (Wildman–Crippen LogP) is 3.02. The Balaban J connectivity index is 2.14. The van der Waals surface area contributed by atoms with Crippen LogP contribution in [-0.2, 0) is 4.74 Å². The summed E-state index contributed by atoms with van der Waals surface area (Å²) >= 11 is 0. The number of ether oxygens (including phenoxy) is 2. The van der Waals surface area contributed by atoms with Gasteiger partial charge in [-0.3, -0.25) is 0 Å². The molecule has 0 unspecified atom stereocenters. The van der Waals surface area contributed by atoms with Crippen molar-refractivity contribution in [3.8, 4) is 5.75 Å². The van der Waals surface area contributed by atoms with Gasteiger partial charge in [0, 0.05) is 18.8 Å². The van der Waals surface area contributed by atoms with Crippen molar-refractivity contribution in [1.82, 2.24) is 5.32 Å². The largest absolute Gasteiger partial charge is 0.497 e. The lowest BCUT2D eigenvalue weighted by atomic mass is 10.2. The van der Waals surface area contributed by atoms with E-state index in [2.05, 4.69) is 10.6 Å². The standard InChI is InChI=1S/C15H24N2O3/c1-15(2,3)20-14(18)17-11-5-10-16-12-6-8-13(19-4)9-7-12/h6-9,16H,5,10-11H2,1-4H3,(H,17,18). The molecule has 0 spiro atoms. The lowest BCUT2D eigenvalue weighted by molar-refractivity contribution is 0.0528. The highest BCUT2D eigenvalue weighted by Gasteiger charge is 2.15. The minimum atomic E-state index is -0.453. The molecule has 0 atom stereocenters. The van der Waals surface area contributed by atoms with Crippen molar-refractivity contribution in [2.45, 2.75) is 32.8 Å². The highest BCUT2D eigenvalue weighted by atomic mass is 16.6. The molecule has 0 bridgehead atoms. The minimum absolute atomic E-state index is 0.373. The van der Waals surface area contributed by atoms with E-state index in [1.807, 2.05) is 45.0 Å². The van der Waals surface area contributed by atoms with E-state index in [-0.39, 0.29) is 6.09 Å². The molecular formula is C15H24N2O3. The van der Waals surface area contributed by atoms with Gasteiger partial charge < -0.3 is 20.1 Å². The number of hydrogen-bond acceptors (Lipinski definition) is 4. The van der Waals surface area contributed by atoms with Gasteiger partial charge >= 0.3 is 6.09 Å². The lowest BCUT2D eigenvalue weighted by Crippen LogP contribution is -2.33. The maximum Gasteiger partial charge on any atom is 0.407 e. The molecule has 0 fully saturated rings. The van der Waals surface area contributed by atoms with E-state index in [0.29, 0.717) is 6.54 Å². The highest BCUT2D eigenvalue weighted by Crippen LogP contribution is 2.14. The first-order valence-corrected chi connectivity index (χ1v) is 6.75. The third-order valence-corrected chi connectivity index (χ3v) is 2.44. The van der Waals surface area contributed by atoms with Crippen molar-refractivity contribution in [2.75, 3.05) is 25.5 Å². The first-order valence-electron chi connectivity index (χ1n) is 6.75. The second kappa shape index (κ2) is 7.62. The summed E-state index contributed by atoms with van der Waals surface area (Å²) in [6.45, 7) is 6.90. The summed E-state index contributed by atoms with van der Waals surface area (Å²) in [4.78, 5) is 11.4. The van der Waals surface area contributed by atoms with Gasteiger partial charge in [-0.05, 0) is 51.5 Å². The molecule has 1 amide bonds. The quantitative estimate of drug-likeness (QED) is 0.786. The second-order valence-corrected chi connectivity index (χ2v) is 5.44. The monoisotopic (exact) mass is 280 g/mol. The van der Waals surface area contributed by atoms with E-state index in [1.54, 1.807) is 7.11 Å². The van der Waals surface area contributed by atoms with Crippen molar-refractivity contribution >= 4 is 11.8 Å². The Labute approximate surface area is 120 Å². The van der Waals surface area contributed by atoms with E-state index < -0.39 is 5.60 Å². The number of amides is 1. The Bertz CT molecular complexity index is 410. The van der Waals surface area contributed by atoms with Crippen LogP contribution in [0.5, 0.6) is 5.75 Å². The number of nitrogens with one attached hydrogen (secondary N) is 2. The normalized spacial score (nSPS) is 10.8. The number of methoxy groups -OCH3 is 1. The first-order chi connectivity index (χ1) is 9.40. The van der Waals surface area contributed by atoms with Crippen LogP contribution in [0.4, 0.5) is 10.5 Å². The van der Waals surface area contributed by atoms with Gasteiger partial charge in [0.1, 0.15) is 11.4 Å². The number of anilines is 1. The molecule has 0 aliphatic rings. The number of benzene rings is 1. The summed E-state index contributed by atoms with van der Waals surface area (Å²) in [5, 5.41) is 5.99. The molecule has 0 saturated carbocycles. The minimum Gasteiger partial charge on any atom is -0.497 e. The van der Waals surface area contributed by atoms with Crippen molar-refractivity contribution in [2.24, 2.45) is 0 Å². The van der Waals surface area contributed by atoms with Gasteiger partial charge in [-0.2, -0.15) is 0 Å². The molecule has 20 heavy (non-hydrogen) atoms. The Morgan fingerprint density at radius 2 is 1.80 bits per heavy atom. The zero-order chi connectivity index (χ0) is 15.0. The van der Waals surface area contributed by atoms with Gasteiger partial charge in [0.15, 0.2) is 0 Å². The van der Waals surface area contributed by atoms with Gasteiger partial charge in [-0.1, -0.05) is 0 Å². The van der Waals surface area contributed by atoms with Gasteiger partial charge in [0.25, 0.3) is 0 Å². The molecule has 0 heterocycles. The zero-order valence-electron chi connectivity index (χ0n) is 12.7. The van der Waals surface area contributed by atoms with E-state index in [9.17, 15) is 4.79 Å². The molecule has 5 heteroatoms. The van der Waals surface area contributed by atoms with Crippen LogP contribution in [-0.4, -0.2) is 31.9 Å². The molecule has 5 nitrogen and oxygen atoms in total. The number of alkyl carbamates (subject to hydrolysis) is 1. The molecule has 0 saturated heterocycles. The van der Waals surface area contributed by atoms with Gasteiger partial charge in [-0.15, -0.1) is 0 Å². The predicted molar refractivity (Wildman–Crippen MR) is 80.3 cm³/mol. The van der Waals surface area contributed by atoms with Crippen molar-refractivity contribution in [3.63, 3.8) is 0 Å². The number of hydrogen-bond donors (Lipinski definition) is 2. The third-order valence-electron chi connectivity index (χ3n) is 2.44. The summed E-state index contributed by atoms with van der Waals surface area (Å²) in [5.41, 5.74) is 0.578. The highest BCUT2D eigenvalue weighted by molar-refractivity contribution is 5.67. The van der Waals surface area contributed by atoms with Crippen molar-refractivity contribution in [1.29, 1.82) is 0 Å². The average molecular weight is 280 g/mol. The van der Waals surface area contributed by atoms with Crippen LogP contribution in [0.2, 0.25) is 0 Å². The first kappa shape index (κ1) is 16.1. The van der Waals surface area contributed by atoms with Crippen LogP contribution in [0, 0.1) is 0 Å². The van der Waals surface area contributed by atoms with Crippen molar-refractivity contribution < 1.29 is 14.3 Å². The topological polar surface area (TPSA) is 59.6 Å². The van der Waals surface area contributed by atoms with E-state index in [0.717, 1.165) is 24.4 Å². The molecule has 0 aliphatic carbocycles. The van der Waals surface area contributed by atoms with Crippen LogP contribution in [0.25, 0.3) is 0 Å². The molecule has 1 aromatic carbocycles. The fraction of sp³-hybridized carbons (Fsp3) is 0.533. The fourth-order valence-corrected chi connectivity index (χ4v) is 1.53. The molecule has 112 valence electrons. The summed E-state index contributed by atoms with van der Waals surface area (Å²) < 4.78 is 10.2. The summed E-state index contributed by atoms with van der Waals surface area (Å²) in [6.07, 6.45) is 0.451. The molecule has 2 N–H and O–H groups in total. The van der Waals surface area contributed by atoms with Crippen LogP contribution >= 0.6 is 0 Å². The lowest BCUT2D eigenvalue weighted by Gasteiger charge is -2.19. The second-order valence-electron chi connectivity index (χ2n) is 5.44. The SMILES string of the molecule is COc1ccc(NCCCNC(=O)OC(C)(C)C)cc1. The number of rotatable bonds is 6. The Morgan fingerprint density at radius 1 is 1.15 bits per heavy atom. The Hall–Kier alpha value is -1.91. The summed E-state index contributed by atoms with van der Waals surface area (Å²) in [7, 11) is 1.64. The Morgan fingerprint density at radius 3 is 2.35 bits per heavy atom. The molecule has 1 aromatic rings. The fourth-order valence-electron chi connectivity index (χ4n) is 1.53. The average Bonchev–Trinajstić information content (AvgIpc) is 2.37. The molecule has 1 rings (SSSR count). The van der Waals surface area contributed by atoms with Crippen LogP contribution in [0.15, 0.2) is 24.3 Å². The van der Waals surface area contributed by atoms with Crippen LogP contribution in [0.1, 0.15) is 27.2 Å². The Kier molecular flexibility index (Phi) is 6.15. The summed E-state index contributed by atoms with van der Waals surface area (Å²) in [5.74, 6) is 0.835. The van der Waals surface area contributed by atoms with Gasteiger partial charge in [0.05, 0.1) is 7.11 Å². The molecular weight excluding hydrogens is 256 g/mol. The smallest absolute Gasteiger partial charge is 0.407 e. The summed E-state index contributed by atoms with van der Waals surface area (Å²) in [6, 6.07) is 7.73. The van der Waals surface area contributed by atoms with Crippen LogP contribution in [0.3, 0.4) is 0 Å². The molecule has 0 radical (unpaired) electrons. The van der Waals surface area contributed by atoms with E-state index in [1.165, 1.54) is 0 Å².